The largest absolute Gasteiger partial charge is 0.481 e. The molecule has 0 saturated heterocycles. The summed E-state index contributed by atoms with van der Waals surface area (Å²) < 4.78 is 5.79. The van der Waals surface area contributed by atoms with Gasteiger partial charge in [-0.3, -0.25) is 0 Å². The highest BCUT2D eigenvalue weighted by Crippen LogP contribution is 2.56. The monoisotopic (exact) mass is 436 g/mol. The van der Waals surface area contributed by atoms with E-state index in [1.165, 1.54) is 38.8 Å². The standard InChI is InChI=1S/C33H24O/c1-2-3-21-34-28-20-18-24-22-27(19-17-25(24)23-28)33(26-11-5-4-6-12-26)31-15-9-7-13-29(31)30-14-8-10-16-32(30)33/h4-20,22-23H,21H2,1H3. The average Bonchev–Trinajstić information content (AvgIpc) is 3.20. The molecule has 0 saturated carbocycles. The van der Waals surface area contributed by atoms with Crippen LogP contribution in [-0.4, -0.2) is 6.61 Å². The van der Waals surface area contributed by atoms with E-state index in [9.17, 15) is 0 Å². The molecule has 5 aromatic rings. The molecule has 0 atom stereocenters. The molecule has 5 aromatic carbocycles. The third-order valence-corrected chi connectivity index (χ3v) is 6.89. The first kappa shape index (κ1) is 20.3. The summed E-state index contributed by atoms with van der Waals surface area (Å²) in [5.41, 5.74) is 7.47. The van der Waals surface area contributed by atoms with E-state index in [2.05, 4.69) is 121 Å². The first-order valence-electron chi connectivity index (χ1n) is 11.6. The lowest BCUT2D eigenvalue weighted by Crippen LogP contribution is -2.28. The second kappa shape index (κ2) is 8.25. The zero-order valence-electron chi connectivity index (χ0n) is 19.1. The molecule has 0 heterocycles. The molecule has 1 nitrogen and oxygen atoms in total. The Balaban J connectivity index is 1.60. The van der Waals surface area contributed by atoms with Gasteiger partial charge >= 0.3 is 0 Å². The van der Waals surface area contributed by atoms with Gasteiger partial charge in [0.15, 0.2) is 0 Å². The van der Waals surface area contributed by atoms with Gasteiger partial charge in [0.2, 0.25) is 0 Å². The van der Waals surface area contributed by atoms with Gasteiger partial charge in [0.1, 0.15) is 12.4 Å². The van der Waals surface area contributed by atoms with Crippen LogP contribution in [-0.2, 0) is 5.41 Å². The molecule has 0 spiro atoms. The lowest BCUT2D eigenvalue weighted by Gasteiger charge is -2.34. The first-order valence-corrected chi connectivity index (χ1v) is 11.6. The quantitative estimate of drug-likeness (QED) is 0.259. The molecular formula is C33H24O. The van der Waals surface area contributed by atoms with Crippen LogP contribution in [0.4, 0.5) is 0 Å². The average molecular weight is 437 g/mol. The highest BCUT2D eigenvalue weighted by Gasteiger charge is 2.45. The number of hydrogen-bond donors (Lipinski definition) is 0. The summed E-state index contributed by atoms with van der Waals surface area (Å²) >= 11 is 0. The van der Waals surface area contributed by atoms with Gasteiger partial charge in [0, 0.05) is 0 Å². The van der Waals surface area contributed by atoms with Crippen molar-refractivity contribution in [2.75, 3.05) is 6.61 Å². The third kappa shape index (κ3) is 3.04. The van der Waals surface area contributed by atoms with Gasteiger partial charge in [-0.2, -0.15) is 0 Å². The van der Waals surface area contributed by atoms with Crippen molar-refractivity contribution in [1.29, 1.82) is 0 Å². The lowest BCUT2D eigenvalue weighted by molar-refractivity contribution is 0.371. The van der Waals surface area contributed by atoms with E-state index in [1.807, 2.05) is 13.0 Å². The van der Waals surface area contributed by atoms with Crippen LogP contribution in [0, 0.1) is 11.8 Å². The fourth-order valence-electron chi connectivity index (χ4n) is 5.45. The van der Waals surface area contributed by atoms with E-state index in [0.717, 1.165) is 11.1 Å². The summed E-state index contributed by atoms with van der Waals surface area (Å²) in [6, 6.07) is 41.7. The van der Waals surface area contributed by atoms with Gasteiger partial charge < -0.3 is 4.74 Å². The summed E-state index contributed by atoms with van der Waals surface area (Å²) in [7, 11) is 0. The number of hydrogen-bond acceptors (Lipinski definition) is 1. The van der Waals surface area contributed by atoms with Crippen molar-refractivity contribution in [1.82, 2.24) is 0 Å². The van der Waals surface area contributed by atoms with E-state index in [-0.39, 0.29) is 5.41 Å². The fraction of sp³-hybridized carbons (Fsp3) is 0.0909. The van der Waals surface area contributed by atoms with E-state index in [1.54, 1.807) is 0 Å². The Labute approximate surface area is 200 Å². The number of benzene rings is 5. The number of ether oxygens (including phenoxy) is 1. The molecule has 1 heteroatoms. The van der Waals surface area contributed by atoms with Gasteiger partial charge in [-0.15, -0.1) is 5.92 Å². The van der Waals surface area contributed by atoms with Crippen molar-refractivity contribution < 1.29 is 4.74 Å². The molecule has 0 bridgehead atoms. The Morgan fingerprint density at radius 1 is 0.618 bits per heavy atom. The van der Waals surface area contributed by atoms with Gasteiger partial charge in [-0.1, -0.05) is 103 Å². The molecule has 0 aliphatic heterocycles. The smallest absolute Gasteiger partial charge is 0.149 e. The molecule has 0 amide bonds. The Morgan fingerprint density at radius 2 is 1.24 bits per heavy atom. The minimum Gasteiger partial charge on any atom is -0.481 e. The Bertz CT molecular complexity index is 1520. The zero-order valence-corrected chi connectivity index (χ0v) is 19.1. The minimum atomic E-state index is -0.367. The third-order valence-electron chi connectivity index (χ3n) is 6.89. The molecule has 34 heavy (non-hydrogen) atoms. The van der Waals surface area contributed by atoms with Crippen molar-refractivity contribution in [2.24, 2.45) is 0 Å². The van der Waals surface area contributed by atoms with E-state index >= 15 is 0 Å². The van der Waals surface area contributed by atoms with Gasteiger partial charge in [0.05, 0.1) is 5.41 Å². The number of rotatable bonds is 4. The predicted octanol–water partition coefficient (Wildman–Crippen LogP) is 7.61. The highest BCUT2D eigenvalue weighted by atomic mass is 16.5. The predicted molar refractivity (Wildman–Crippen MR) is 140 cm³/mol. The van der Waals surface area contributed by atoms with Crippen LogP contribution in [0.1, 0.15) is 29.2 Å². The highest BCUT2D eigenvalue weighted by molar-refractivity contribution is 5.89. The minimum absolute atomic E-state index is 0.367. The Hall–Kier alpha value is -4.28. The molecule has 1 aliphatic rings. The van der Waals surface area contributed by atoms with Crippen LogP contribution in [0.15, 0.2) is 115 Å². The Morgan fingerprint density at radius 3 is 1.94 bits per heavy atom. The first-order chi connectivity index (χ1) is 16.8. The zero-order chi connectivity index (χ0) is 23.0. The topological polar surface area (TPSA) is 9.23 Å². The summed E-state index contributed by atoms with van der Waals surface area (Å²) in [6.45, 7) is 2.23. The summed E-state index contributed by atoms with van der Waals surface area (Å²) in [5, 5.41) is 2.36. The maximum absolute atomic E-state index is 5.79. The molecule has 0 fully saturated rings. The van der Waals surface area contributed by atoms with Crippen LogP contribution in [0.3, 0.4) is 0 Å². The number of fused-ring (bicyclic) bond motifs is 4. The van der Waals surface area contributed by atoms with Crippen molar-refractivity contribution in [2.45, 2.75) is 12.3 Å². The maximum Gasteiger partial charge on any atom is 0.149 e. The van der Waals surface area contributed by atoms with Crippen LogP contribution >= 0.6 is 0 Å². The van der Waals surface area contributed by atoms with Crippen LogP contribution < -0.4 is 4.74 Å². The van der Waals surface area contributed by atoms with Gasteiger partial charge in [0.25, 0.3) is 0 Å². The van der Waals surface area contributed by atoms with Crippen molar-refractivity contribution in [3.63, 3.8) is 0 Å². The van der Waals surface area contributed by atoms with E-state index in [0.29, 0.717) is 6.61 Å². The molecule has 0 N–H and O–H groups in total. The molecular weight excluding hydrogens is 412 g/mol. The SMILES string of the molecule is CC#CCOc1ccc2cc(C3(c4ccccc4)c4ccccc4-c4ccccc43)ccc2c1. The summed E-state index contributed by atoms with van der Waals surface area (Å²) in [5.74, 6) is 6.68. The maximum atomic E-state index is 5.79. The second-order valence-corrected chi connectivity index (χ2v) is 8.65. The van der Waals surface area contributed by atoms with Crippen molar-refractivity contribution >= 4 is 10.8 Å². The molecule has 1 aliphatic carbocycles. The molecule has 6 rings (SSSR count). The second-order valence-electron chi connectivity index (χ2n) is 8.65. The molecule has 0 radical (unpaired) electrons. The normalized spacial score (nSPS) is 13.0. The lowest BCUT2D eigenvalue weighted by atomic mass is 9.67. The van der Waals surface area contributed by atoms with Gasteiger partial charge in [-0.05, 0) is 69.3 Å². The van der Waals surface area contributed by atoms with E-state index in [4.69, 9.17) is 4.74 Å². The summed E-state index contributed by atoms with van der Waals surface area (Å²) in [6.07, 6.45) is 0. The summed E-state index contributed by atoms with van der Waals surface area (Å²) in [4.78, 5) is 0. The van der Waals surface area contributed by atoms with Crippen LogP contribution in [0.5, 0.6) is 5.75 Å². The fourth-order valence-corrected chi connectivity index (χ4v) is 5.45. The van der Waals surface area contributed by atoms with Gasteiger partial charge in [-0.25, -0.2) is 0 Å². The van der Waals surface area contributed by atoms with E-state index < -0.39 is 0 Å². The molecule has 0 aromatic heterocycles. The van der Waals surface area contributed by atoms with Crippen LogP contribution in [0.25, 0.3) is 21.9 Å². The van der Waals surface area contributed by atoms with Crippen molar-refractivity contribution in [3.05, 3.63) is 138 Å². The van der Waals surface area contributed by atoms with Crippen LogP contribution in [0.2, 0.25) is 0 Å². The van der Waals surface area contributed by atoms with Crippen molar-refractivity contribution in [3.8, 4) is 28.7 Å². The molecule has 0 unspecified atom stereocenters. The molecule has 162 valence electrons. The Kier molecular flexibility index (Phi) is 4.93.